The lowest BCUT2D eigenvalue weighted by atomic mass is 10.2. The number of carbonyl (C=O) groups excluding carboxylic acids is 1. The highest BCUT2D eigenvalue weighted by molar-refractivity contribution is 5.89. The van der Waals surface area contributed by atoms with Gasteiger partial charge in [-0.1, -0.05) is 6.07 Å². The predicted octanol–water partition coefficient (Wildman–Crippen LogP) is 1.60. The van der Waals surface area contributed by atoms with Crippen LogP contribution < -0.4 is 0 Å². The van der Waals surface area contributed by atoms with E-state index in [1.54, 1.807) is 12.1 Å². The molecule has 0 spiro atoms. The van der Waals surface area contributed by atoms with E-state index in [1.807, 2.05) is 0 Å². The number of hydrogen-bond acceptors (Lipinski definition) is 3. The number of phenols is 1. The van der Waals surface area contributed by atoms with E-state index in [2.05, 4.69) is 4.74 Å². The molecule has 0 saturated heterocycles. The number of phenolic OH excluding ortho intramolecular Hbond substituents is 1. The Kier molecular flexibility index (Phi) is 4.15. The van der Waals surface area contributed by atoms with Crippen LogP contribution in [0, 0.1) is 0 Å². The Morgan fingerprint density at radius 2 is 2.17 bits per heavy atom. The third-order valence-corrected chi connectivity index (χ3v) is 1.27. The predicted molar refractivity (Wildman–Crippen MR) is 46.7 cm³/mol. The van der Waals surface area contributed by atoms with E-state index < -0.39 is 5.97 Å². The lowest BCUT2D eigenvalue weighted by molar-refractivity contribution is 0.0600. The van der Waals surface area contributed by atoms with Crippen LogP contribution in [0.1, 0.15) is 10.4 Å². The number of hydrogen-bond donors (Lipinski definition) is 1. The van der Waals surface area contributed by atoms with Crippen molar-refractivity contribution in [2.45, 2.75) is 0 Å². The van der Waals surface area contributed by atoms with Gasteiger partial charge in [0.1, 0.15) is 5.75 Å². The molecule has 0 fully saturated rings. The molecule has 0 amide bonds. The van der Waals surface area contributed by atoms with Gasteiger partial charge in [-0.2, -0.15) is 0 Å². The largest absolute Gasteiger partial charge is 0.508 e. The van der Waals surface area contributed by atoms with Crippen LogP contribution in [0.4, 0.5) is 0 Å². The SMILES string of the molecule is COC(=O)c1cccc(O)c1.Cl. The molecular weight excluding hydrogens is 180 g/mol. The molecule has 3 nitrogen and oxygen atoms in total. The van der Waals surface area contributed by atoms with Gasteiger partial charge in [0.15, 0.2) is 0 Å². The molecule has 1 aromatic carbocycles. The second-order valence-electron chi connectivity index (χ2n) is 2.04. The molecule has 0 atom stereocenters. The summed E-state index contributed by atoms with van der Waals surface area (Å²) in [6.07, 6.45) is 0. The molecule has 0 aliphatic heterocycles. The van der Waals surface area contributed by atoms with Crippen LogP contribution in [0.15, 0.2) is 24.3 Å². The summed E-state index contributed by atoms with van der Waals surface area (Å²) in [5.74, 6) is -0.381. The molecule has 0 heterocycles. The zero-order chi connectivity index (χ0) is 8.27. The lowest BCUT2D eigenvalue weighted by Gasteiger charge is -1.97. The van der Waals surface area contributed by atoms with Crippen molar-refractivity contribution in [3.8, 4) is 5.75 Å². The minimum absolute atomic E-state index is 0. The number of rotatable bonds is 1. The smallest absolute Gasteiger partial charge is 0.337 e. The maximum absolute atomic E-state index is 10.8. The van der Waals surface area contributed by atoms with Gasteiger partial charge < -0.3 is 9.84 Å². The van der Waals surface area contributed by atoms with Crippen molar-refractivity contribution in [3.05, 3.63) is 29.8 Å². The van der Waals surface area contributed by atoms with Gasteiger partial charge in [-0.05, 0) is 18.2 Å². The molecule has 0 aliphatic rings. The van der Waals surface area contributed by atoms with Gasteiger partial charge in [0, 0.05) is 0 Å². The Bertz CT molecular complexity index is 273. The second kappa shape index (κ2) is 4.62. The molecule has 0 bridgehead atoms. The van der Waals surface area contributed by atoms with Crippen molar-refractivity contribution in [1.82, 2.24) is 0 Å². The van der Waals surface area contributed by atoms with Crippen molar-refractivity contribution < 1.29 is 14.6 Å². The number of benzene rings is 1. The molecule has 0 aliphatic carbocycles. The molecule has 1 N–H and O–H groups in total. The topological polar surface area (TPSA) is 46.5 Å². The number of methoxy groups -OCH3 is 1. The number of ether oxygens (including phenoxy) is 1. The normalized spacial score (nSPS) is 8.42. The molecule has 1 aromatic rings. The summed E-state index contributed by atoms with van der Waals surface area (Å²) in [6, 6.07) is 6.01. The Hall–Kier alpha value is -1.22. The van der Waals surface area contributed by atoms with E-state index in [0.29, 0.717) is 5.56 Å². The van der Waals surface area contributed by atoms with E-state index in [-0.39, 0.29) is 18.2 Å². The molecule has 66 valence electrons. The summed E-state index contributed by atoms with van der Waals surface area (Å²) in [4.78, 5) is 10.8. The van der Waals surface area contributed by atoms with Crippen molar-refractivity contribution in [3.63, 3.8) is 0 Å². The van der Waals surface area contributed by atoms with Gasteiger partial charge in [0.2, 0.25) is 0 Å². The molecule has 0 saturated carbocycles. The summed E-state index contributed by atoms with van der Waals surface area (Å²) in [5, 5.41) is 8.95. The summed E-state index contributed by atoms with van der Waals surface area (Å²) >= 11 is 0. The third-order valence-electron chi connectivity index (χ3n) is 1.27. The van der Waals surface area contributed by atoms with Crippen molar-refractivity contribution in [2.24, 2.45) is 0 Å². The molecule has 0 radical (unpaired) electrons. The van der Waals surface area contributed by atoms with Gasteiger partial charge in [0.25, 0.3) is 0 Å². The summed E-state index contributed by atoms with van der Waals surface area (Å²) < 4.78 is 4.44. The molecule has 4 heteroatoms. The maximum atomic E-state index is 10.8. The highest BCUT2D eigenvalue weighted by atomic mass is 35.5. The van der Waals surface area contributed by atoms with Gasteiger partial charge in [-0.15, -0.1) is 12.4 Å². The Morgan fingerprint density at radius 1 is 1.50 bits per heavy atom. The first kappa shape index (κ1) is 10.8. The molecule has 12 heavy (non-hydrogen) atoms. The first-order valence-corrected chi connectivity index (χ1v) is 3.11. The van der Waals surface area contributed by atoms with Gasteiger partial charge in [-0.25, -0.2) is 4.79 Å². The first-order valence-electron chi connectivity index (χ1n) is 3.11. The van der Waals surface area contributed by atoms with Crippen molar-refractivity contribution in [1.29, 1.82) is 0 Å². The van der Waals surface area contributed by atoms with Crippen LogP contribution in [0.2, 0.25) is 0 Å². The summed E-state index contributed by atoms with van der Waals surface area (Å²) in [7, 11) is 1.30. The average Bonchev–Trinajstić information content (AvgIpc) is 2.03. The number of aromatic hydroxyl groups is 1. The second-order valence-corrected chi connectivity index (χ2v) is 2.04. The van der Waals surface area contributed by atoms with Gasteiger partial charge in [-0.3, -0.25) is 0 Å². The molecule has 0 aromatic heterocycles. The van der Waals surface area contributed by atoms with Crippen molar-refractivity contribution >= 4 is 18.4 Å². The lowest BCUT2D eigenvalue weighted by Crippen LogP contribution is -1.99. The average molecular weight is 189 g/mol. The van der Waals surface area contributed by atoms with E-state index in [0.717, 1.165) is 0 Å². The van der Waals surface area contributed by atoms with E-state index >= 15 is 0 Å². The number of esters is 1. The summed E-state index contributed by atoms with van der Waals surface area (Å²) in [6.45, 7) is 0. The monoisotopic (exact) mass is 188 g/mol. The quantitative estimate of drug-likeness (QED) is 0.681. The minimum atomic E-state index is -0.444. The molecular formula is C8H9ClO3. The van der Waals surface area contributed by atoms with Crippen molar-refractivity contribution in [2.75, 3.05) is 7.11 Å². The van der Waals surface area contributed by atoms with Crippen LogP contribution in [0.3, 0.4) is 0 Å². The maximum Gasteiger partial charge on any atom is 0.337 e. The fraction of sp³-hybridized carbons (Fsp3) is 0.125. The number of halogens is 1. The van der Waals surface area contributed by atoms with E-state index in [9.17, 15) is 4.79 Å². The highest BCUT2D eigenvalue weighted by Gasteiger charge is 2.03. The van der Waals surface area contributed by atoms with Crippen LogP contribution in [0.25, 0.3) is 0 Å². The van der Waals surface area contributed by atoms with E-state index in [4.69, 9.17) is 5.11 Å². The molecule has 0 unspecified atom stereocenters. The molecule has 1 rings (SSSR count). The van der Waals surface area contributed by atoms with Crippen LogP contribution in [-0.2, 0) is 4.74 Å². The third kappa shape index (κ3) is 2.43. The Labute approximate surface area is 76.4 Å². The fourth-order valence-electron chi connectivity index (χ4n) is 0.751. The van der Waals surface area contributed by atoms with Gasteiger partial charge in [0.05, 0.1) is 12.7 Å². The van der Waals surface area contributed by atoms with Crippen LogP contribution in [-0.4, -0.2) is 18.2 Å². The van der Waals surface area contributed by atoms with Crippen LogP contribution >= 0.6 is 12.4 Å². The number of carbonyl (C=O) groups is 1. The zero-order valence-corrected chi connectivity index (χ0v) is 7.30. The van der Waals surface area contributed by atoms with E-state index in [1.165, 1.54) is 19.2 Å². The fourth-order valence-corrected chi connectivity index (χ4v) is 0.751. The first-order chi connectivity index (χ1) is 5.24. The van der Waals surface area contributed by atoms with Gasteiger partial charge >= 0.3 is 5.97 Å². The zero-order valence-electron chi connectivity index (χ0n) is 6.48. The highest BCUT2D eigenvalue weighted by Crippen LogP contribution is 2.11. The Balaban J connectivity index is 0.00000121. The standard InChI is InChI=1S/C8H8O3.ClH/c1-11-8(10)6-3-2-4-7(9)5-6;/h2-5,9H,1H3;1H. The summed E-state index contributed by atoms with van der Waals surface area (Å²) in [5.41, 5.74) is 0.354. The van der Waals surface area contributed by atoms with Crippen LogP contribution in [0.5, 0.6) is 5.75 Å². The Morgan fingerprint density at radius 3 is 2.67 bits per heavy atom. The minimum Gasteiger partial charge on any atom is -0.508 e.